The Kier molecular flexibility index (Phi) is 25.3. The van der Waals surface area contributed by atoms with Crippen molar-refractivity contribution >= 4 is 29.8 Å². The summed E-state index contributed by atoms with van der Waals surface area (Å²) in [6.45, 7) is 2.01. The smallest absolute Gasteiger partial charge is 0.320 e. The summed E-state index contributed by atoms with van der Waals surface area (Å²) in [5, 5.41) is 34.0. The van der Waals surface area contributed by atoms with Crippen LogP contribution in [0, 0.1) is 36.0 Å². The van der Waals surface area contributed by atoms with Gasteiger partial charge < -0.3 is 54.8 Å². The van der Waals surface area contributed by atoms with Crippen LogP contribution in [0.4, 0.5) is 22.0 Å². The molecule has 15 nitrogen and oxygen atoms in total. The number of nitrogens with two attached hydrogens (primary N) is 6. The molecule has 0 aromatic heterocycles. The van der Waals surface area contributed by atoms with Crippen LogP contribution in [-0.2, 0) is 56.1 Å². The molecule has 0 heterocycles. The second-order valence-electron chi connectivity index (χ2n) is 14.4. The summed E-state index contributed by atoms with van der Waals surface area (Å²) in [7, 11) is 0. The first-order valence-corrected chi connectivity index (χ1v) is 19.6. The highest BCUT2D eigenvalue weighted by molar-refractivity contribution is 5.80. The molecule has 0 aliphatic carbocycles. The van der Waals surface area contributed by atoms with Crippen molar-refractivity contribution < 1.29 is 66.4 Å². The molecule has 0 fully saturated rings. The van der Waals surface area contributed by atoms with Gasteiger partial charge >= 0.3 is 23.9 Å². The van der Waals surface area contributed by atoms with Crippen molar-refractivity contribution in [2.75, 3.05) is 0 Å². The number of hydrogen-bond donors (Lipinski definition) is 10. The number of carbonyl (C=O) groups excluding carboxylic acids is 1. The Bertz CT molecular complexity index is 2260. The van der Waals surface area contributed by atoms with Crippen molar-refractivity contribution in [3.8, 4) is 0 Å². The van der Waals surface area contributed by atoms with Gasteiger partial charge in [-0.2, -0.15) is 0 Å². The Morgan fingerprint density at radius 1 is 0.424 bits per heavy atom. The van der Waals surface area contributed by atoms with E-state index in [1.165, 1.54) is 66.2 Å². The number of aliphatic carboxylic acids is 4. The molecule has 0 bridgehead atoms. The minimum atomic E-state index is -1.17. The predicted octanol–water partition coefficient (Wildman–Crippen LogP) is 3.61. The molecule has 0 aliphatic heterocycles. The van der Waals surface area contributed by atoms with E-state index in [1.807, 2.05) is 31.2 Å². The largest absolute Gasteiger partial charge is 0.480 e. The first-order valence-electron chi connectivity index (χ1n) is 19.6. The summed E-state index contributed by atoms with van der Waals surface area (Å²) >= 11 is 0. The lowest BCUT2D eigenvalue weighted by atomic mass is 10.1. The average molecular weight is 929 g/mol. The highest BCUT2D eigenvalue weighted by Gasteiger charge is 2.16. The Balaban J connectivity index is 0.000000413. The molecular formula is C46H53F5N6O9. The zero-order chi connectivity index (χ0) is 50.1. The van der Waals surface area contributed by atoms with Crippen molar-refractivity contribution in [2.24, 2.45) is 34.4 Å². The van der Waals surface area contributed by atoms with E-state index in [4.69, 9.17) is 54.8 Å². The Labute approximate surface area is 376 Å². The molecule has 0 radical (unpaired) electrons. The van der Waals surface area contributed by atoms with Crippen LogP contribution in [0.25, 0.3) is 0 Å². The zero-order valence-corrected chi connectivity index (χ0v) is 35.6. The molecule has 0 saturated carbocycles. The number of halogens is 5. The molecule has 5 atom stereocenters. The Hall–Kier alpha value is -7.10. The number of rotatable bonds is 15. The minimum absolute atomic E-state index is 0.0159. The van der Waals surface area contributed by atoms with E-state index >= 15 is 0 Å². The number of primary amides is 1. The normalized spacial score (nSPS) is 12.5. The van der Waals surface area contributed by atoms with Crippen molar-refractivity contribution in [1.29, 1.82) is 0 Å². The summed E-state index contributed by atoms with van der Waals surface area (Å²) in [5.74, 6) is -7.98. The summed E-state index contributed by atoms with van der Waals surface area (Å²) < 4.78 is 63.2. The van der Waals surface area contributed by atoms with E-state index in [2.05, 4.69) is 0 Å². The number of carboxylic acids is 4. The fraction of sp³-hybridized carbons (Fsp3) is 0.239. The third kappa shape index (κ3) is 23.5. The van der Waals surface area contributed by atoms with Gasteiger partial charge in [-0.1, -0.05) is 78.4 Å². The average Bonchev–Trinajstić information content (AvgIpc) is 3.25. The second kappa shape index (κ2) is 29.4. The predicted molar refractivity (Wildman–Crippen MR) is 235 cm³/mol. The molecule has 0 saturated heterocycles. The Morgan fingerprint density at radius 3 is 1.27 bits per heavy atom. The lowest BCUT2D eigenvalue weighted by Gasteiger charge is -2.06. The number of carbonyl (C=O) groups is 5. The van der Waals surface area contributed by atoms with Gasteiger partial charge in [-0.25, -0.2) is 22.0 Å². The topological polar surface area (TPSA) is 322 Å². The summed E-state index contributed by atoms with van der Waals surface area (Å²) in [5.41, 5.74) is 35.8. The molecule has 5 aromatic carbocycles. The van der Waals surface area contributed by atoms with Gasteiger partial charge in [-0.3, -0.25) is 24.0 Å². The Morgan fingerprint density at radius 2 is 0.833 bits per heavy atom. The first kappa shape index (κ1) is 56.9. The van der Waals surface area contributed by atoms with Crippen LogP contribution in [0.1, 0.15) is 33.4 Å². The lowest BCUT2D eigenvalue weighted by Crippen LogP contribution is -2.38. The van der Waals surface area contributed by atoms with E-state index in [0.717, 1.165) is 23.3 Å². The van der Waals surface area contributed by atoms with Gasteiger partial charge in [0.2, 0.25) is 5.91 Å². The molecule has 20 heteroatoms. The summed E-state index contributed by atoms with van der Waals surface area (Å²) in [6, 6.07) is 23.8. The maximum absolute atomic E-state index is 13.0. The highest BCUT2D eigenvalue weighted by Crippen LogP contribution is 2.11. The second-order valence-corrected chi connectivity index (χ2v) is 14.4. The van der Waals surface area contributed by atoms with Gasteiger partial charge in [-0.15, -0.1) is 0 Å². The molecule has 0 spiro atoms. The van der Waals surface area contributed by atoms with E-state index in [-0.39, 0.29) is 37.3 Å². The van der Waals surface area contributed by atoms with Crippen molar-refractivity contribution in [1.82, 2.24) is 0 Å². The number of hydrogen-bond acceptors (Lipinski definition) is 10. The van der Waals surface area contributed by atoms with Gasteiger partial charge in [-0.05, 0) is 103 Å². The molecule has 66 heavy (non-hydrogen) atoms. The fourth-order valence-electron chi connectivity index (χ4n) is 5.04. The van der Waals surface area contributed by atoms with E-state index in [9.17, 15) is 45.9 Å². The van der Waals surface area contributed by atoms with Gasteiger partial charge in [0, 0.05) is 6.42 Å². The van der Waals surface area contributed by atoms with Crippen LogP contribution in [0.5, 0.6) is 0 Å². The van der Waals surface area contributed by atoms with E-state index < -0.39 is 77.4 Å². The number of aryl methyl sites for hydroxylation is 1. The molecule has 356 valence electrons. The molecule has 5 unspecified atom stereocenters. The van der Waals surface area contributed by atoms with Crippen molar-refractivity contribution in [2.45, 2.75) is 69.2 Å². The maximum atomic E-state index is 13.0. The third-order valence-corrected chi connectivity index (χ3v) is 8.76. The monoisotopic (exact) mass is 928 g/mol. The van der Waals surface area contributed by atoms with Gasteiger partial charge in [0.1, 0.15) is 41.6 Å². The lowest BCUT2D eigenvalue weighted by molar-refractivity contribution is -0.139. The van der Waals surface area contributed by atoms with E-state index in [1.54, 1.807) is 18.2 Å². The van der Waals surface area contributed by atoms with E-state index in [0.29, 0.717) is 23.1 Å². The molecule has 5 rings (SSSR count). The maximum Gasteiger partial charge on any atom is 0.320 e. The molecule has 16 N–H and O–H groups in total. The fourth-order valence-corrected chi connectivity index (χ4v) is 5.04. The van der Waals surface area contributed by atoms with Gasteiger partial charge in [0.15, 0.2) is 11.6 Å². The van der Waals surface area contributed by atoms with Gasteiger partial charge in [0.25, 0.3) is 0 Å². The van der Waals surface area contributed by atoms with Crippen molar-refractivity contribution in [3.63, 3.8) is 0 Å². The zero-order valence-electron chi connectivity index (χ0n) is 35.6. The molecule has 0 aliphatic rings. The first-order chi connectivity index (χ1) is 30.9. The molecule has 1 amide bonds. The highest BCUT2D eigenvalue weighted by atomic mass is 19.2. The van der Waals surface area contributed by atoms with Gasteiger partial charge in [0.05, 0.1) is 6.04 Å². The van der Waals surface area contributed by atoms with Crippen LogP contribution in [0.3, 0.4) is 0 Å². The van der Waals surface area contributed by atoms with Crippen LogP contribution in [-0.4, -0.2) is 80.4 Å². The van der Waals surface area contributed by atoms with Crippen LogP contribution < -0.4 is 34.4 Å². The molecular weight excluding hydrogens is 876 g/mol. The SMILES string of the molecule is Cc1ccc(CC(N)C(N)=O)cc1.NC(Cc1ccc(F)c(F)c1)C(=O)O.NC(Cc1ccc(F)cc1)C(=O)O.NC(Cc1cccc(F)c1)C(=O)O.NC(Cc1ccccc1F)C(=O)O. The van der Waals surface area contributed by atoms with Crippen LogP contribution in [0.15, 0.2) is 115 Å². The number of carboxylic acid groups (broad SMARTS) is 4. The summed E-state index contributed by atoms with van der Waals surface area (Å²) in [6.07, 6.45) is 0.868. The number of amides is 1. The van der Waals surface area contributed by atoms with Crippen LogP contribution in [0.2, 0.25) is 0 Å². The quantitative estimate of drug-likeness (QED) is 0.0671. The third-order valence-electron chi connectivity index (χ3n) is 8.76. The number of benzene rings is 5. The molecule has 5 aromatic rings. The summed E-state index contributed by atoms with van der Waals surface area (Å²) in [4.78, 5) is 52.1. The van der Waals surface area contributed by atoms with Crippen LogP contribution >= 0.6 is 0 Å². The standard InChI is InChI=1S/C10H14N2O.C9H9F2NO2.3C9H10FNO2/c1-7-2-4-8(5-3-7)6-9(11)10(12)13;10-6-2-1-5(3-7(6)11)4-8(12)9(13)14;10-7-3-1-6(2-4-7)5-8(11)9(12)13;10-7-3-1-2-6(4-7)5-8(11)9(12)13;10-7-4-2-1-3-6(7)5-8(11)9(12)13/h2-5,9H,6,11H2,1H3,(H2,12,13);1-3,8H,4,12H2,(H,13,14);3*1-4,8H,5,11H2,(H,12,13). The van der Waals surface area contributed by atoms with Crippen molar-refractivity contribution in [3.05, 3.63) is 178 Å². The minimum Gasteiger partial charge on any atom is -0.480 e.